The summed E-state index contributed by atoms with van der Waals surface area (Å²) in [5.41, 5.74) is 0.596. The van der Waals surface area contributed by atoms with Crippen LogP contribution in [0.15, 0.2) is 17.0 Å². The number of benzene rings is 1. The highest BCUT2D eigenvalue weighted by Crippen LogP contribution is 2.33. The maximum absolute atomic E-state index is 12.7. The lowest BCUT2D eigenvalue weighted by Crippen LogP contribution is -2.35. The van der Waals surface area contributed by atoms with Gasteiger partial charge in [0, 0.05) is 30.2 Å². The highest BCUT2D eigenvalue weighted by atomic mass is 35.5. The van der Waals surface area contributed by atoms with Gasteiger partial charge >= 0.3 is 0 Å². The molecular weight excluding hydrogens is 331 g/mol. The molecule has 0 spiro atoms. The minimum absolute atomic E-state index is 0.0838. The van der Waals surface area contributed by atoms with Gasteiger partial charge in [0.1, 0.15) is 4.90 Å². The van der Waals surface area contributed by atoms with Gasteiger partial charge in [0.25, 0.3) is 0 Å². The molecule has 0 amide bonds. The molecule has 0 radical (unpaired) electrons. The van der Waals surface area contributed by atoms with Crippen molar-refractivity contribution in [1.82, 2.24) is 9.62 Å². The van der Waals surface area contributed by atoms with Crippen LogP contribution in [-0.2, 0) is 16.6 Å². The summed E-state index contributed by atoms with van der Waals surface area (Å²) in [6.07, 6.45) is 1.71. The van der Waals surface area contributed by atoms with Crippen LogP contribution >= 0.6 is 23.2 Å². The molecule has 1 aromatic rings. The van der Waals surface area contributed by atoms with Crippen LogP contribution in [0.2, 0.25) is 10.0 Å². The van der Waals surface area contributed by atoms with Gasteiger partial charge in [-0.25, -0.2) is 8.42 Å². The third-order valence-corrected chi connectivity index (χ3v) is 6.40. The summed E-state index contributed by atoms with van der Waals surface area (Å²) in [6.45, 7) is 4.33. The standard InChI is InChI=1S/C14H22Cl2N2O2S/c1-5-6-10(2)18(4)21(19,20)13-8-7-12(15)11(9-17-3)14(13)16/h7-8,10,17H,5-6,9H2,1-4H3. The maximum Gasteiger partial charge on any atom is 0.244 e. The molecule has 120 valence electrons. The highest BCUT2D eigenvalue weighted by Gasteiger charge is 2.28. The Hall–Kier alpha value is -0.330. The number of nitrogens with zero attached hydrogens (tertiary/aromatic N) is 1. The lowest BCUT2D eigenvalue weighted by molar-refractivity contribution is 0.368. The zero-order valence-corrected chi connectivity index (χ0v) is 15.1. The fraction of sp³-hybridized carbons (Fsp3) is 0.571. The van der Waals surface area contributed by atoms with Gasteiger partial charge in [-0.05, 0) is 32.5 Å². The summed E-state index contributed by atoms with van der Waals surface area (Å²) in [5.74, 6) is 0. The zero-order valence-electron chi connectivity index (χ0n) is 12.8. The average Bonchev–Trinajstić information content (AvgIpc) is 2.42. The van der Waals surface area contributed by atoms with Gasteiger partial charge in [0.2, 0.25) is 10.0 Å². The Kier molecular flexibility index (Phi) is 6.94. The minimum Gasteiger partial charge on any atom is -0.316 e. The number of rotatable bonds is 7. The van der Waals surface area contributed by atoms with Crippen LogP contribution in [0.3, 0.4) is 0 Å². The van der Waals surface area contributed by atoms with E-state index in [0.717, 1.165) is 12.8 Å². The van der Waals surface area contributed by atoms with E-state index in [1.165, 1.54) is 10.4 Å². The molecule has 1 rings (SSSR count). The molecule has 0 saturated heterocycles. The van der Waals surface area contributed by atoms with Crippen molar-refractivity contribution in [3.63, 3.8) is 0 Å². The van der Waals surface area contributed by atoms with Gasteiger partial charge in [0.15, 0.2) is 0 Å². The van der Waals surface area contributed by atoms with E-state index in [9.17, 15) is 8.42 Å². The van der Waals surface area contributed by atoms with Crippen LogP contribution in [0.5, 0.6) is 0 Å². The molecule has 0 aromatic heterocycles. The molecule has 7 heteroatoms. The van der Waals surface area contributed by atoms with Crippen molar-refractivity contribution < 1.29 is 8.42 Å². The summed E-state index contributed by atoms with van der Waals surface area (Å²) in [7, 11) is -0.299. The summed E-state index contributed by atoms with van der Waals surface area (Å²) < 4.78 is 26.8. The molecule has 0 heterocycles. The molecule has 0 aliphatic heterocycles. The van der Waals surface area contributed by atoms with Gasteiger partial charge in [-0.1, -0.05) is 36.5 Å². The average molecular weight is 353 g/mol. The van der Waals surface area contributed by atoms with Crippen LogP contribution in [0.1, 0.15) is 32.3 Å². The van der Waals surface area contributed by atoms with E-state index in [0.29, 0.717) is 17.1 Å². The first-order valence-corrected chi connectivity index (χ1v) is 9.06. The molecule has 4 nitrogen and oxygen atoms in total. The normalized spacial score (nSPS) is 13.7. The molecule has 0 aliphatic rings. The molecule has 0 saturated carbocycles. The fourth-order valence-electron chi connectivity index (χ4n) is 2.11. The van der Waals surface area contributed by atoms with E-state index in [1.54, 1.807) is 20.2 Å². The third kappa shape index (κ3) is 4.11. The van der Waals surface area contributed by atoms with Crippen LogP contribution in [0.4, 0.5) is 0 Å². The van der Waals surface area contributed by atoms with Crippen molar-refractivity contribution >= 4 is 33.2 Å². The van der Waals surface area contributed by atoms with Gasteiger partial charge in [-0.2, -0.15) is 4.31 Å². The largest absolute Gasteiger partial charge is 0.316 e. The molecule has 1 aromatic carbocycles. The molecular formula is C14H22Cl2N2O2S. The van der Waals surface area contributed by atoms with Gasteiger partial charge in [-0.3, -0.25) is 0 Å². The molecule has 1 atom stereocenters. The van der Waals surface area contributed by atoms with E-state index in [4.69, 9.17) is 23.2 Å². The number of hydrogen-bond acceptors (Lipinski definition) is 3. The number of nitrogens with one attached hydrogen (secondary N) is 1. The van der Waals surface area contributed by atoms with E-state index in [-0.39, 0.29) is 16.0 Å². The summed E-state index contributed by atoms with van der Waals surface area (Å²) in [6, 6.07) is 2.96. The van der Waals surface area contributed by atoms with Crippen molar-refractivity contribution in [1.29, 1.82) is 0 Å². The number of halogens is 2. The first-order valence-electron chi connectivity index (χ1n) is 6.86. The topological polar surface area (TPSA) is 49.4 Å². The lowest BCUT2D eigenvalue weighted by atomic mass is 10.2. The first-order chi connectivity index (χ1) is 9.77. The first kappa shape index (κ1) is 18.7. The SMILES string of the molecule is CCCC(C)N(C)S(=O)(=O)c1ccc(Cl)c(CNC)c1Cl. The second-order valence-corrected chi connectivity index (χ2v) is 7.78. The van der Waals surface area contributed by atoms with Crippen molar-refractivity contribution in [2.24, 2.45) is 0 Å². The molecule has 0 aliphatic carbocycles. The monoisotopic (exact) mass is 352 g/mol. The van der Waals surface area contributed by atoms with Crippen LogP contribution in [-0.4, -0.2) is 32.9 Å². The Morgan fingerprint density at radius 2 is 1.95 bits per heavy atom. The van der Waals surface area contributed by atoms with Gasteiger partial charge in [0.05, 0.1) is 5.02 Å². The smallest absolute Gasteiger partial charge is 0.244 e. The van der Waals surface area contributed by atoms with Gasteiger partial charge < -0.3 is 5.32 Å². The molecule has 1 unspecified atom stereocenters. The number of sulfonamides is 1. The van der Waals surface area contributed by atoms with E-state index in [1.807, 2.05) is 13.8 Å². The Morgan fingerprint density at radius 3 is 2.48 bits per heavy atom. The lowest BCUT2D eigenvalue weighted by Gasteiger charge is -2.25. The summed E-state index contributed by atoms with van der Waals surface area (Å²) in [4.78, 5) is 0.101. The van der Waals surface area contributed by atoms with Gasteiger partial charge in [-0.15, -0.1) is 0 Å². The Bertz CT molecular complexity index is 591. The molecule has 0 fully saturated rings. The van der Waals surface area contributed by atoms with Crippen LogP contribution < -0.4 is 5.32 Å². The van der Waals surface area contributed by atoms with Crippen molar-refractivity contribution in [2.75, 3.05) is 14.1 Å². The third-order valence-electron chi connectivity index (χ3n) is 3.49. The predicted molar refractivity (Wildman–Crippen MR) is 88.5 cm³/mol. The van der Waals surface area contributed by atoms with Crippen molar-refractivity contribution in [3.05, 3.63) is 27.7 Å². The van der Waals surface area contributed by atoms with Crippen LogP contribution in [0, 0.1) is 0 Å². The fourth-order valence-corrected chi connectivity index (χ4v) is 4.38. The van der Waals surface area contributed by atoms with Crippen molar-refractivity contribution in [2.45, 2.75) is 44.2 Å². The second kappa shape index (κ2) is 7.79. The molecule has 0 bridgehead atoms. The Morgan fingerprint density at radius 1 is 1.33 bits per heavy atom. The summed E-state index contributed by atoms with van der Waals surface area (Å²) >= 11 is 12.4. The summed E-state index contributed by atoms with van der Waals surface area (Å²) in [5, 5.41) is 3.58. The van der Waals surface area contributed by atoms with E-state index >= 15 is 0 Å². The van der Waals surface area contributed by atoms with E-state index < -0.39 is 10.0 Å². The van der Waals surface area contributed by atoms with E-state index in [2.05, 4.69) is 5.32 Å². The molecule has 1 N–H and O–H groups in total. The van der Waals surface area contributed by atoms with Crippen molar-refractivity contribution in [3.8, 4) is 0 Å². The minimum atomic E-state index is -3.63. The zero-order chi connectivity index (χ0) is 16.2. The quantitative estimate of drug-likeness (QED) is 0.816. The Balaban J connectivity index is 3.29. The van der Waals surface area contributed by atoms with Crippen LogP contribution in [0.25, 0.3) is 0 Å². The highest BCUT2D eigenvalue weighted by molar-refractivity contribution is 7.89. The Labute approximate surface area is 137 Å². The maximum atomic E-state index is 12.7. The predicted octanol–water partition coefficient (Wildman–Crippen LogP) is 3.52. The second-order valence-electron chi connectivity index (χ2n) is 5.03. The molecule has 21 heavy (non-hydrogen) atoms. The number of hydrogen-bond donors (Lipinski definition) is 1.